The Morgan fingerprint density at radius 3 is 2.52 bits per heavy atom. The van der Waals surface area contributed by atoms with Crippen molar-refractivity contribution in [1.29, 1.82) is 0 Å². The number of rotatable bonds is 3. The molecule has 29 heavy (non-hydrogen) atoms. The number of fused-ring (bicyclic) bond motifs is 1. The highest BCUT2D eigenvalue weighted by Gasteiger charge is 2.20. The number of nitrogens with one attached hydrogen (secondary N) is 2. The van der Waals surface area contributed by atoms with E-state index in [9.17, 15) is 14.0 Å². The Morgan fingerprint density at radius 1 is 1.03 bits per heavy atom. The van der Waals surface area contributed by atoms with Crippen LogP contribution >= 0.6 is 11.3 Å². The normalized spacial score (nSPS) is 10.9. The van der Waals surface area contributed by atoms with Crippen molar-refractivity contribution in [3.63, 3.8) is 0 Å². The Bertz CT molecular complexity index is 1230. The van der Waals surface area contributed by atoms with Gasteiger partial charge in [0.2, 0.25) is 0 Å². The largest absolute Gasteiger partial charge is 0.451 e. The van der Waals surface area contributed by atoms with Gasteiger partial charge >= 0.3 is 5.91 Å². The summed E-state index contributed by atoms with van der Waals surface area (Å²) < 4.78 is 18.9. The van der Waals surface area contributed by atoms with E-state index in [1.54, 1.807) is 13.8 Å². The first kappa shape index (κ1) is 18.8. The van der Waals surface area contributed by atoms with E-state index in [2.05, 4.69) is 15.8 Å². The Labute approximate surface area is 169 Å². The summed E-state index contributed by atoms with van der Waals surface area (Å²) in [5.74, 6) is -1.51. The number of furan rings is 1. The standard InChI is InChI=1S/C21H16FN3O3S/c1-11-15-10-14(22)8-9-16(15)28-17(11)19(26)24-25-20(27)18-12(2)23-21(29-18)13-6-4-3-5-7-13/h3-10H,1-2H3,(H,24,26)(H,25,27). The molecule has 0 aliphatic carbocycles. The maximum Gasteiger partial charge on any atom is 0.305 e. The van der Waals surface area contributed by atoms with Crippen molar-refractivity contribution in [2.24, 2.45) is 0 Å². The number of nitrogens with zero attached hydrogens (tertiary/aromatic N) is 1. The molecule has 0 bridgehead atoms. The first-order chi connectivity index (χ1) is 13.9. The van der Waals surface area contributed by atoms with E-state index in [1.807, 2.05) is 30.3 Å². The lowest BCUT2D eigenvalue weighted by molar-refractivity contribution is 0.0833. The Morgan fingerprint density at radius 2 is 1.76 bits per heavy atom. The summed E-state index contributed by atoms with van der Waals surface area (Å²) >= 11 is 1.24. The summed E-state index contributed by atoms with van der Waals surface area (Å²) in [4.78, 5) is 29.8. The topological polar surface area (TPSA) is 84.2 Å². The van der Waals surface area contributed by atoms with Crippen LogP contribution in [0.15, 0.2) is 52.9 Å². The van der Waals surface area contributed by atoms with Gasteiger partial charge in [0.25, 0.3) is 5.91 Å². The molecule has 146 valence electrons. The van der Waals surface area contributed by atoms with E-state index in [4.69, 9.17) is 4.42 Å². The lowest BCUT2D eigenvalue weighted by atomic mass is 10.1. The van der Waals surface area contributed by atoms with Crippen LogP contribution in [0.2, 0.25) is 0 Å². The second-order valence-electron chi connectivity index (χ2n) is 6.40. The van der Waals surface area contributed by atoms with Crippen LogP contribution in [0.3, 0.4) is 0 Å². The third-order valence-electron chi connectivity index (χ3n) is 4.42. The number of carbonyl (C=O) groups is 2. The molecular weight excluding hydrogens is 393 g/mol. The number of benzene rings is 2. The fourth-order valence-corrected chi connectivity index (χ4v) is 3.92. The minimum atomic E-state index is -0.627. The van der Waals surface area contributed by atoms with Crippen molar-refractivity contribution in [2.75, 3.05) is 0 Å². The fraction of sp³-hybridized carbons (Fsp3) is 0.0952. The van der Waals surface area contributed by atoms with E-state index in [0.29, 0.717) is 27.1 Å². The lowest BCUT2D eigenvalue weighted by Crippen LogP contribution is -2.41. The Hall–Kier alpha value is -3.52. The molecule has 0 radical (unpaired) electrons. The lowest BCUT2D eigenvalue weighted by Gasteiger charge is -2.05. The zero-order valence-electron chi connectivity index (χ0n) is 15.6. The predicted molar refractivity (Wildman–Crippen MR) is 108 cm³/mol. The number of amides is 2. The van der Waals surface area contributed by atoms with Gasteiger partial charge in [-0.25, -0.2) is 9.37 Å². The summed E-state index contributed by atoms with van der Waals surface area (Å²) in [6.45, 7) is 3.39. The van der Waals surface area contributed by atoms with Crippen molar-refractivity contribution >= 4 is 34.1 Å². The van der Waals surface area contributed by atoms with Crippen molar-refractivity contribution in [2.45, 2.75) is 13.8 Å². The van der Waals surface area contributed by atoms with E-state index >= 15 is 0 Å². The Kier molecular flexibility index (Phi) is 4.85. The molecule has 0 saturated heterocycles. The zero-order valence-corrected chi connectivity index (χ0v) is 16.4. The number of aryl methyl sites for hydroxylation is 2. The first-order valence-electron chi connectivity index (χ1n) is 8.76. The summed E-state index contributed by atoms with van der Waals surface area (Å²) in [5.41, 5.74) is 7.09. The summed E-state index contributed by atoms with van der Waals surface area (Å²) in [7, 11) is 0. The predicted octanol–water partition coefficient (Wildman–Crippen LogP) is 4.39. The van der Waals surface area contributed by atoms with Gasteiger partial charge in [-0.15, -0.1) is 11.3 Å². The highest BCUT2D eigenvalue weighted by molar-refractivity contribution is 7.17. The molecular formula is C21H16FN3O3S. The number of hydrazine groups is 1. The van der Waals surface area contributed by atoms with Gasteiger partial charge in [0.05, 0.1) is 5.69 Å². The third kappa shape index (κ3) is 3.62. The fourth-order valence-electron chi connectivity index (χ4n) is 2.95. The van der Waals surface area contributed by atoms with Crippen molar-refractivity contribution in [3.05, 3.63) is 76.2 Å². The third-order valence-corrected chi connectivity index (χ3v) is 5.62. The van der Waals surface area contributed by atoms with Crippen LogP contribution in [0, 0.1) is 19.7 Å². The highest BCUT2D eigenvalue weighted by atomic mass is 32.1. The molecule has 4 rings (SSSR count). The summed E-state index contributed by atoms with van der Waals surface area (Å²) in [5, 5.41) is 1.22. The number of hydrogen-bond acceptors (Lipinski definition) is 5. The van der Waals surface area contributed by atoms with E-state index in [-0.39, 0.29) is 5.76 Å². The molecule has 0 aliphatic heterocycles. The Balaban J connectivity index is 1.50. The van der Waals surface area contributed by atoms with Gasteiger partial charge in [-0.2, -0.15) is 0 Å². The van der Waals surface area contributed by atoms with Crippen molar-refractivity contribution < 1.29 is 18.4 Å². The van der Waals surface area contributed by atoms with E-state index in [0.717, 1.165) is 10.6 Å². The van der Waals surface area contributed by atoms with Gasteiger partial charge in [0, 0.05) is 16.5 Å². The molecule has 0 fully saturated rings. The smallest absolute Gasteiger partial charge is 0.305 e. The van der Waals surface area contributed by atoms with Crippen LogP contribution in [0.25, 0.3) is 21.5 Å². The summed E-state index contributed by atoms with van der Waals surface area (Å²) in [6, 6.07) is 13.5. The molecule has 6 nitrogen and oxygen atoms in total. The zero-order chi connectivity index (χ0) is 20.5. The number of aromatic nitrogens is 1. The van der Waals surface area contributed by atoms with Gasteiger partial charge in [0.15, 0.2) is 5.76 Å². The molecule has 2 amide bonds. The van der Waals surface area contributed by atoms with Gasteiger partial charge in [0.1, 0.15) is 21.3 Å². The SMILES string of the molecule is Cc1nc(-c2ccccc2)sc1C(=O)NNC(=O)c1oc2ccc(F)cc2c1C. The van der Waals surface area contributed by atoms with Gasteiger partial charge in [-0.3, -0.25) is 20.4 Å². The molecule has 4 aromatic rings. The molecule has 0 spiro atoms. The van der Waals surface area contributed by atoms with Crippen LogP contribution in [-0.4, -0.2) is 16.8 Å². The van der Waals surface area contributed by atoms with Crippen molar-refractivity contribution in [1.82, 2.24) is 15.8 Å². The molecule has 0 atom stereocenters. The number of carbonyl (C=O) groups excluding carboxylic acids is 2. The number of halogens is 1. The second kappa shape index (κ2) is 7.48. The molecule has 2 aromatic carbocycles. The van der Waals surface area contributed by atoms with Crippen LogP contribution in [0.5, 0.6) is 0 Å². The molecule has 2 N–H and O–H groups in total. The molecule has 8 heteroatoms. The van der Waals surface area contributed by atoms with E-state index < -0.39 is 17.6 Å². The van der Waals surface area contributed by atoms with Crippen LogP contribution < -0.4 is 10.9 Å². The monoisotopic (exact) mass is 409 g/mol. The van der Waals surface area contributed by atoms with Crippen LogP contribution in [-0.2, 0) is 0 Å². The maximum absolute atomic E-state index is 13.4. The molecule has 0 unspecified atom stereocenters. The second-order valence-corrected chi connectivity index (χ2v) is 7.40. The van der Waals surface area contributed by atoms with Gasteiger partial charge < -0.3 is 4.42 Å². The molecule has 0 saturated carbocycles. The van der Waals surface area contributed by atoms with Gasteiger partial charge in [-0.05, 0) is 32.0 Å². The van der Waals surface area contributed by atoms with Gasteiger partial charge in [-0.1, -0.05) is 30.3 Å². The minimum Gasteiger partial charge on any atom is -0.451 e. The minimum absolute atomic E-state index is 0.0110. The quantitative estimate of drug-likeness (QED) is 0.492. The highest BCUT2D eigenvalue weighted by Crippen LogP contribution is 2.28. The molecule has 0 aliphatic rings. The molecule has 2 aromatic heterocycles. The van der Waals surface area contributed by atoms with Crippen LogP contribution in [0.4, 0.5) is 4.39 Å². The maximum atomic E-state index is 13.4. The number of hydrogen-bond donors (Lipinski definition) is 2. The average molecular weight is 409 g/mol. The van der Waals surface area contributed by atoms with Crippen LogP contribution in [0.1, 0.15) is 31.5 Å². The number of thiazole rings is 1. The first-order valence-corrected chi connectivity index (χ1v) is 9.58. The summed E-state index contributed by atoms with van der Waals surface area (Å²) in [6.07, 6.45) is 0. The molecule has 2 heterocycles. The van der Waals surface area contributed by atoms with E-state index in [1.165, 1.54) is 29.5 Å². The van der Waals surface area contributed by atoms with Crippen molar-refractivity contribution in [3.8, 4) is 10.6 Å². The average Bonchev–Trinajstić information content (AvgIpc) is 3.27.